The molecule has 0 unspecified atom stereocenters. The molecule has 0 aliphatic heterocycles. The fourth-order valence-electron chi connectivity index (χ4n) is 2.82. The number of hydrogen-bond acceptors (Lipinski definition) is 5. The van der Waals surface area contributed by atoms with Gasteiger partial charge < -0.3 is 24.1 Å². The molecule has 0 bridgehead atoms. The molecule has 5 nitrogen and oxygen atoms in total. The van der Waals surface area contributed by atoms with Crippen LogP contribution in [0.5, 0.6) is 11.5 Å². The van der Waals surface area contributed by atoms with Gasteiger partial charge in [-0.05, 0) is 48.0 Å². The second-order valence-corrected chi connectivity index (χ2v) is 7.09. The minimum atomic E-state index is -1.23. The molecule has 0 saturated heterocycles. The van der Waals surface area contributed by atoms with Crippen LogP contribution in [0, 0.1) is 0 Å². The van der Waals surface area contributed by atoms with Crippen molar-refractivity contribution in [1.82, 2.24) is 0 Å². The van der Waals surface area contributed by atoms with Crippen molar-refractivity contribution < 1.29 is 24.1 Å². The molecule has 2 N–H and O–H groups in total. The van der Waals surface area contributed by atoms with Crippen molar-refractivity contribution in [2.24, 2.45) is 0 Å². The molecule has 0 amide bonds. The van der Waals surface area contributed by atoms with Crippen LogP contribution in [0.25, 0.3) is 0 Å². The molecule has 0 spiro atoms. The topological polar surface area (TPSA) is 68.2 Å². The molecule has 29 heavy (non-hydrogen) atoms. The van der Waals surface area contributed by atoms with E-state index in [9.17, 15) is 10.0 Å². The minimum absolute atomic E-state index is 0.556. The molecule has 0 radical (unpaired) electrons. The average Bonchev–Trinajstić information content (AvgIpc) is 2.75. The van der Waals surface area contributed by atoms with E-state index in [0.29, 0.717) is 24.1 Å². The van der Waals surface area contributed by atoms with Gasteiger partial charge in [-0.3, -0.25) is 0 Å². The molecular weight excluding hydrogens is 366 g/mol. The molecule has 0 aliphatic carbocycles. The van der Waals surface area contributed by atoms with Gasteiger partial charge in [0.05, 0.1) is 13.2 Å². The van der Waals surface area contributed by atoms with E-state index < -0.39 is 14.2 Å². The summed E-state index contributed by atoms with van der Waals surface area (Å²) >= 11 is 0. The van der Waals surface area contributed by atoms with Gasteiger partial charge in [0.15, 0.2) is 0 Å². The summed E-state index contributed by atoms with van der Waals surface area (Å²) < 4.78 is 16.7. The van der Waals surface area contributed by atoms with Crippen LogP contribution in [0.1, 0.15) is 52.4 Å². The second-order valence-electron chi connectivity index (χ2n) is 7.09. The van der Waals surface area contributed by atoms with E-state index >= 15 is 0 Å². The zero-order valence-corrected chi connectivity index (χ0v) is 17.5. The first kappa shape index (κ1) is 23.3. The Hall–Kier alpha value is -1.95. The maximum absolute atomic E-state index is 10.3. The van der Waals surface area contributed by atoms with Gasteiger partial charge in [-0.1, -0.05) is 63.8 Å². The van der Waals surface area contributed by atoms with Gasteiger partial charge >= 0.3 is 14.2 Å². The molecule has 0 atom stereocenters. The first-order chi connectivity index (χ1) is 14.1. The quantitative estimate of drug-likeness (QED) is 0.379. The molecule has 0 heterocycles. The van der Waals surface area contributed by atoms with E-state index in [0.717, 1.165) is 50.0 Å². The van der Waals surface area contributed by atoms with Gasteiger partial charge in [0.2, 0.25) is 0 Å². The van der Waals surface area contributed by atoms with Crippen LogP contribution in [-0.2, 0) is 4.57 Å². The molecule has 0 saturated carbocycles. The van der Waals surface area contributed by atoms with E-state index in [1.54, 1.807) is 48.5 Å². The van der Waals surface area contributed by atoms with Crippen LogP contribution in [0.4, 0.5) is 0 Å². The lowest BCUT2D eigenvalue weighted by Crippen LogP contribution is -2.44. The smallest absolute Gasteiger partial charge is 0.477 e. The minimum Gasteiger partial charge on any atom is -0.494 e. The van der Waals surface area contributed by atoms with Gasteiger partial charge in [0.1, 0.15) is 11.5 Å². The Morgan fingerprint density at radius 3 is 1.34 bits per heavy atom. The van der Waals surface area contributed by atoms with E-state index in [-0.39, 0.29) is 0 Å². The zero-order valence-electron chi connectivity index (χ0n) is 17.5. The maximum Gasteiger partial charge on any atom is 0.477 e. The van der Waals surface area contributed by atoms with Crippen molar-refractivity contribution in [3.05, 3.63) is 48.5 Å². The Labute approximate surface area is 175 Å². The third kappa shape index (κ3) is 8.52. The Morgan fingerprint density at radius 1 is 0.621 bits per heavy atom. The normalized spacial score (nSPS) is 10.6. The lowest BCUT2D eigenvalue weighted by molar-refractivity contribution is 0.306. The molecule has 2 aromatic carbocycles. The first-order valence-electron chi connectivity index (χ1n) is 10.6. The van der Waals surface area contributed by atoms with Crippen molar-refractivity contribution in [2.75, 3.05) is 13.2 Å². The second kappa shape index (κ2) is 13.3. The summed E-state index contributed by atoms with van der Waals surface area (Å²) in [6.45, 7) is 5.68. The number of ether oxygens (including phenoxy) is 2. The highest BCUT2D eigenvalue weighted by molar-refractivity contribution is 6.73. The predicted molar refractivity (Wildman–Crippen MR) is 119 cm³/mol. The maximum atomic E-state index is 10.3. The summed E-state index contributed by atoms with van der Waals surface area (Å²) in [4.78, 5) is 0. The molecule has 0 fully saturated rings. The first-order valence-corrected chi connectivity index (χ1v) is 10.6. The number of benzene rings is 2. The lowest BCUT2D eigenvalue weighted by Gasteiger charge is -2.13. The van der Waals surface area contributed by atoms with Crippen LogP contribution in [-0.4, -0.2) is 37.5 Å². The highest BCUT2D eigenvalue weighted by atomic mass is 16.5. The largest absolute Gasteiger partial charge is 0.494 e. The Morgan fingerprint density at radius 2 is 1.00 bits per heavy atom. The Balaban J connectivity index is 1.80. The molecule has 0 aromatic heterocycles. The summed E-state index contributed by atoms with van der Waals surface area (Å²) in [5.41, 5.74) is 1.11. The predicted octanol–water partition coefficient (Wildman–Crippen LogP) is 2.92. The highest BCUT2D eigenvalue weighted by Crippen LogP contribution is 2.11. The van der Waals surface area contributed by atoms with Gasteiger partial charge in [-0.2, -0.15) is 0 Å². The lowest BCUT2D eigenvalue weighted by atomic mass is 9.71. The van der Waals surface area contributed by atoms with Crippen molar-refractivity contribution in [1.29, 1.82) is 0 Å². The Bertz CT molecular complexity index is 619. The van der Waals surface area contributed by atoms with Crippen molar-refractivity contribution >= 4 is 25.2 Å². The monoisotopic (exact) mass is 398 g/mol. The van der Waals surface area contributed by atoms with Crippen molar-refractivity contribution in [2.45, 2.75) is 52.4 Å². The van der Waals surface area contributed by atoms with E-state index in [4.69, 9.17) is 14.0 Å². The summed E-state index contributed by atoms with van der Waals surface area (Å²) in [7, 11) is -2.46. The fourth-order valence-corrected chi connectivity index (χ4v) is 2.82. The standard InChI is InChI=1S/C22H32B2O5/c1-3-5-7-17-27-21-13-9-19(10-14-21)23(25)29-24(26)20-11-15-22(16-12-20)28-18-8-6-4-2/h9-16,25-26H,3-8,17-18H2,1-2H3. The van der Waals surface area contributed by atoms with Crippen LogP contribution in [0.3, 0.4) is 0 Å². The van der Waals surface area contributed by atoms with Crippen molar-refractivity contribution in [3.8, 4) is 11.5 Å². The molecular formula is C22H32B2O5. The fraction of sp³-hybridized carbons (Fsp3) is 0.455. The molecule has 7 heteroatoms. The highest BCUT2D eigenvalue weighted by Gasteiger charge is 2.25. The van der Waals surface area contributed by atoms with Gasteiger partial charge in [0.25, 0.3) is 0 Å². The Kier molecular flexibility index (Phi) is 10.7. The molecule has 0 aliphatic rings. The third-order valence-corrected chi connectivity index (χ3v) is 4.62. The van der Waals surface area contributed by atoms with Crippen LogP contribution < -0.4 is 20.4 Å². The van der Waals surface area contributed by atoms with Gasteiger partial charge in [0, 0.05) is 0 Å². The number of hydrogen-bond donors (Lipinski definition) is 2. The SMILES string of the molecule is CCCCCOc1ccc(B(O)OB(O)c2ccc(OCCCCC)cc2)cc1. The summed E-state index contributed by atoms with van der Waals surface area (Å²) in [6.07, 6.45) is 6.66. The summed E-state index contributed by atoms with van der Waals surface area (Å²) in [5.74, 6) is 1.51. The van der Waals surface area contributed by atoms with E-state index in [2.05, 4.69) is 13.8 Å². The molecule has 156 valence electrons. The molecule has 2 rings (SSSR count). The average molecular weight is 398 g/mol. The van der Waals surface area contributed by atoms with E-state index in [1.807, 2.05) is 0 Å². The molecule has 2 aromatic rings. The third-order valence-electron chi connectivity index (χ3n) is 4.62. The zero-order chi connectivity index (χ0) is 20.9. The van der Waals surface area contributed by atoms with Gasteiger partial charge in [-0.15, -0.1) is 0 Å². The summed E-state index contributed by atoms with van der Waals surface area (Å²) in [5, 5.41) is 20.5. The van der Waals surface area contributed by atoms with Crippen LogP contribution in [0.2, 0.25) is 0 Å². The van der Waals surface area contributed by atoms with Gasteiger partial charge in [-0.25, -0.2) is 0 Å². The van der Waals surface area contributed by atoms with Crippen LogP contribution in [0.15, 0.2) is 48.5 Å². The number of unbranched alkanes of at least 4 members (excludes halogenated alkanes) is 4. The van der Waals surface area contributed by atoms with Crippen molar-refractivity contribution in [3.63, 3.8) is 0 Å². The van der Waals surface area contributed by atoms with E-state index in [1.165, 1.54) is 0 Å². The summed E-state index contributed by atoms with van der Waals surface area (Å²) in [6, 6.07) is 14.1. The number of rotatable bonds is 14. The van der Waals surface area contributed by atoms with Crippen LogP contribution >= 0.6 is 0 Å².